The molecule has 0 radical (unpaired) electrons. The first kappa shape index (κ1) is 15.3. The largest absolute Gasteiger partial charge is 0.375 e. The van der Waals surface area contributed by atoms with Crippen LogP contribution in [-0.4, -0.2) is 41.8 Å². The van der Waals surface area contributed by atoms with Gasteiger partial charge < -0.3 is 10.5 Å². The Labute approximate surface area is 118 Å². The third-order valence-electron chi connectivity index (χ3n) is 5.14. The molecule has 0 bridgehead atoms. The normalized spacial score (nSPS) is 37.7. The molecule has 19 heavy (non-hydrogen) atoms. The minimum Gasteiger partial charge on any atom is -0.375 e. The van der Waals surface area contributed by atoms with Crippen LogP contribution in [0.2, 0.25) is 0 Å². The number of likely N-dealkylation sites (N-methyl/N-ethyl adjacent to an activating group) is 1. The van der Waals surface area contributed by atoms with E-state index in [1.807, 2.05) is 0 Å². The molecule has 0 aromatic rings. The lowest BCUT2D eigenvalue weighted by Crippen LogP contribution is -2.62. The second-order valence-corrected chi connectivity index (χ2v) is 6.67. The second kappa shape index (κ2) is 6.55. The number of nitrogens with zero attached hydrogens (tertiary/aromatic N) is 1. The van der Waals surface area contributed by atoms with Crippen molar-refractivity contribution in [2.24, 2.45) is 5.73 Å². The Bertz CT molecular complexity index is 266. The van der Waals surface area contributed by atoms with Gasteiger partial charge in [-0.15, -0.1) is 0 Å². The Kier molecular flexibility index (Phi) is 5.27. The first-order chi connectivity index (χ1) is 9.11. The van der Waals surface area contributed by atoms with E-state index in [0.717, 1.165) is 32.0 Å². The van der Waals surface area contributed by atoms with Gasteiger partial charge in [0.05, 0.1) is 12.2 Å². The Balaban J connectivity index is 2.16. The van der Waals surface area contributed by atoms with Gasteiger partial charge in [-0.25, -0.2) is 0 Å². The zero-order valence-corrected chi connectivity index (χ0v) is 13.0. The van der Waals surface area contributed by atoms with E-state index in [4.69, 9.17) is 10.5 Å². The van der Waals surface area contributed by atoms with Crippen molar-refractivity contribution >= 4 is 0 Å². The highest BCUT2D eigenvalue weighted by atomic mass is 16.5. The number of rotatable bonds is 4. The molecule has 2 aliphatic rings. The number of ether oxygens (including phenoxy) is 1. The zero-order chi connectivity index (χ0) is 13.9. The molecule has 1 aliphatic heterocycles. The SMILES string of the molecule is CCN(C1CCCCC1)C1(CN)CC(C)OC(C)C1. The summed E-state index contributed by atoms with van der Waals surface area (Å²) < 4.78 is 5.94. The van der Waals surface area contributed by atoms with Gasteiger partial charge in [0.25, 0.3) is 0 Å². The molecule has 1 aliphatic carbocycles. The van der Waals surface area contributed by atoms with Crippen LogP contribution >= 0.6 is 0 Å². The molecule has 1 saturated carbocycles. The third kappa shape index (κ3) is 3.32. The molecule has 1 heterocycles. The van der Waals surface area contributed by atoms with Gasteiger partial charge >= 0.3 is 0 Å². The highest BCUT2D eigenvalue weighted by Crippen LogP contribution is 2.37. The van der Waals surface area contributed by atoms with Gasteiger partial charge in [-0.3, -0.25) is 4.90 Å². The van der Waals surface area contributed by atoms with Gasteiger partial charge in [-0.1, -0.05) is 26.2 Å². The summed E-state index contributed by atoms with van der Waals surface area (Å²) in [7, 11) is 0. The number of nitrogens with two attached hydrogens (primary N) is 1. The summed E-state index contributed by atoms with van der Waals surface area (Å²) in [5.74, 6) is 0. The second-order valence-electron chi connectivity index (χ2n) is 6.67. The molecule has 2 rings (SSSR count). The smallest absolute Gasteiger partial charge is 0.0568 e. The van der Waals surface area contributed by atoms with Crippen molar-refractivity contribution in [3.63, 3.8) is 0 Å². The van der Waals surface area contributed by atoms with E-state index >= 15 is 0 Å². The highest BCUT2D eigenvalue weighted by Gasteiger charge is 2.44. The number of hydrogen-bond acceptors (Lipinski definition) is 3. The fourth-order valence-corrected chi connectivity index (χ4v) is 4.54. The fraction of sp³-hybridized carbons (Fsp3) is 1.00. The molecule has 2 atom stereocenters. The molecule has 112 valence electrons. The summed E-state index contributed by atoms with van der Waals surface area (Å²) in [6.45, 7) is 8.61. The minimum absolute atomic E-state index is 0.174. The third-order valence-corrected chi connectivity index (χ3v) is 5.14. The van der Waals surface area contributed by atoms with Crippen molar-refractivity contribution in [2.75, 3.05) is 13.1 Å². The van der Waals surface area contributed by atoms with Gasteiger partial charge in [0.1, 0.15) is 0 Å². The molecule has 2 unspecified atom stereocenters. The van der Waals surface area contributed by atoms with Crippen molar-refractivity contribution in [1.82, 2.24) is 4.90 Å². The Morgan fingerprint density at radius 3 is 2.16 bits per heavy atom. The average molecular weight is 268 g/mol. The van der Waals surface area contributed by atoms with Crippen LogP contribution in [0, 0.1) is 0 Å². The van der Waals surface area contributed by atoms with Crippen molar-refractivity contribution < 1.29 is 4.74 Å². The van der Waals surface area contributed by atoms with Crippen molar-refractivity contribution in [3.8, 4) is 0 Å². The Hall–Kier alpha value is -0.120. The Morgan fingerprint density at radius 2 is 1.68 bits per heavy atom. The predicted octanol–water partition coefficient (Wildman–Crippen LogP) is 2.93. The van der Waals surface area contributed by atoms with E-state index in [2.05, 4.69) is 25.7 Å². The molecule has 3 nitrogen and oxygen atoms in total. The van der Waals surface area contributed by atoms with Gasteiger partial charge in [0.15, 0.2) is 0 Å². The molecular weight excluding hydrogens is 236 g/mol. The summed E-state index contributed by atoms with van der Waals surface area (Å²) in [5, 5.41) is 0. The highest BCUT2D eigenvalue weighted by molar-refractivity contribution is 5.00. The van der Waals surface area contributed by atoms with E-state index in [9.17, 15) is 0 Å². The van der Waals surface area contributed by atoms with Crippen LogP contribution in [-0.2, 0) is 4.74 Å². The maximum absolute atomic E-state index is 6.25. The lowest BCUT2D eigenvalue weighted by molar-refractivity contribution is -0.114. The van der Waals surface area contributed by atoms with Crippen molar-refractivity contribution in [2.45, 2.75) is 89.5 Å². The van der Waals surface area contributed by atoms with Crippen molar-refractivity contribution in [1.29, 1.82) is 0 Å². The number of hydrogen-bond donors (Lipinski definition) is 1. The van der Waals surface area contributed by atoms with E-state index in [1.54, 1.807) is 0 Å². The maximum atomic E-state index is 6.25. The van der Waals surface area contributed by atoms with Crippen LogP contribution in [0.5, 0.6) is 0 Å². The summed E-state index contributed by atoms with van der Waals surface area (Å²) in [4.78, 5) is 2.74. The lowest BCUT2D eigenvalue weighted by Gasteiger charge is -2.52. The van der Waals surface area contributed by atoms with Crippen LogP contribution in [0.3, 0.4) is 0 Å². The lowest BCUT2D eigenvalue weighted by atomic mass is 9.79. The quantitative estimate of drug-likeness (QED) is 0.852. The van der Waals surface area contributed by atoms with Crippen LogP contribution in [0.15, 0.2) is 0 Å². The molecule has 2 fully saturated rings. The van der Waals surface area contributed by atoms with Crippen LogP contribution in [0.1, 0.15) is 65.7 Å². The summed E-state index contributed by atoms with van der Waals surface area (Å²) in [6, 6.07) is 0.750. The predicted molar refractivity (Wildman–Crippen MR) is 80.3 cm³/mol. The van der Waals surface area contributed by atoms with E-state index < -0.39 is 0 Å². The summed E-state index contributed by atoms with van der Waals surface area (Å²) in [5.41, 5.74) is 6.42. The first-order valence-corrected chi connectivity index (χ1v) is 8.23. The molecule has 0 aromatic carbocycles. The molecular formula is C16H32N2O. The zero-order valence-electron chi connectivity index (χ0n) is 13.0. The topological polar surface area (TPSA) is 38.5 Å². The van der Waals surface area contributed by atoms with E-state index in [0.29, 0.717) is 12.2 Å². The van der Waals surface area contributed by atoms with Crippen LogP contribution in [0.25, 0.3) is 0 Å². The molecule has 0 aromatic heterocycles. The summed E-state index contributed by atoms with van der Waals surface area (Å²) >= 11 is 0. The van der Waals surface area contributed by atoms with Gasteiger partial charge in [-0.05, 0) is 46.1 Å². The average Bonchev–Trinajstić information content (AvgIpc) is 2.39. The maximum Gasteiger partial charge on any atom is 0.0568 e. The van der Waals surface area contributed by atoms with E-state index in [-0.39, 0.29) is 5.54 Å². The van der Waals surface area contributed by atoms with Gasteiger partial charge in [0.2, 0.25) is 0 Å². The fourth-order valence-electron chi connectivity index (χ4n) is 4.54. The first-order valence-electron chi connectivity index (χ1n) is 8.23. The molecule has 0 amide bonds. The molecule has 1 saturated heterocycles. The molecule has 0 spiro atoms. The van der Waals surface area contributed by atoms with Crippen LogP contribution in [0.4, 0.5) is 0 Å². The van der Waals surface area contributed by atoms with Crippen LogP contribution < -0.4 is 5.73 Å². The monoisotopic (exact) mass is 268 g/mol. The standard InChI is InChI=1S/C16H32N2O/c1-4-18(15-8-6-5-7-9-15)16(12-17)10-13(2)19-14(3)11-16/h13-15H,4-12,17H2,1-3H3. The Morgan fingerprint density at radius 1 is 1.11 bits per heavy atom. The summed E-state index contributed by atoms with van der Waals surface area (Å²) in [6.07, 6.45) is 9.79. The van der Waals surface area contributed by atoms with E-state index in [1.165, 1.54) is 32.1 Å². The van der Waals surface area contributed by atoms with Crippen molar-refractivity contribution in [3.05, 3.63) is 0 Å². The molecule has 3 heteroatoms. The van der Waals surface area contributed by atoms with Gasteiger partial charge in [0, 0.05) is 18.1 Å². The minimum atomic E-state index is 0.174. The van der Waals surface area contributed by atoms with Gasteiger partial charge in [-0.2, -0.15) is 0 Å². The molecule has 2 N–H and O–H groups in total.